The highest BCUT2D eigenvalue weighted by Crippen LogP contribution is 2.29. The van der Waals surface area contributed by atoms with Gasteiger partial charge in [0.1, 0.15) is 0 Å². The fourth-order valence-corrected chi connectivity index (χ4v) is 4.00. The summed E-state index contributed by atoms with van der Waals surface area (Å²) in [7, 11) is -3.11. The molecule has 2 rings (SSSR count). The molecule has 0 amide bonds. The third-order valence-corrected chi connectivity index (χ3v) is 5.41. The Balaban J connectivity index is 2.32. The summed E-state index contributed by atoms with van der Waals surface area (Å²) in [6.07, 6.45) is 3.64. The molecule has 1 aliphatic carbocycles. The first-order valence-electron chi connectivity index (χ1n) is 5.10. The smallest absolute Gasteiger partial charge is 0.181 e. The van der Waals surface area contributed by atoms with Crippen LogP contribution in [0.2, 0.25) is 5.02 Å². The zero-order valence-corrected chi connectivity index (χ0v) is 9.89. The van der Waals surface area contributed by atoms with Crippen LogP contribution >= 0.6 is 11.6 Å². The van der Waals surface area contributed by atoms with E-state index in [4.69, 9.17) is 11.6 Å². The molecule has 0 bridgehead atoms. The van der Waals surface area contributed by atoms with Crippen molar-refractivity contribution in [1.82, 2.24) is 0 Å². The first-order valence-corrected chi connectivity index (χ1v) is 7.02. The van der Waals surface area contributed by atoms with Gasteiger partial charge in [0.15, 0.2) is 9.84 Å². The highest BCUT2D eigenvalue weighted by molar-refractivity contribution is 7.92. The van der Waals surface area contributed by atoms with Crippen molar-refractivity contribution in [2.24, 2.45) is 0 Å². The standard InChI is InChI=1S/C11H13ClO2S/c12-9-5-7-11(8-6-9)15(13,14)10-3-1-2-4-10/h5-8,10H,1-4H2. The number of sulfone groups is 1. The van der Waals surface area contributed by atoms with Gasteiger partial charge in [-0.05, 0) is 37.1 Å². The highest BCUT2D eigenvalue weighted by Gasteiger charge is 2.29. The van der Waals surface area contributed by atoms with Gasteiger partial charge in [-0.1, -0.05) is 24.4 Å². The lowest BCUT2D eigenvalue weighted by atomic mass is 10.4. The summed E-state index contributed by atoms with van der Waals surface area (Å²) < 4.78 is 24.2. The lowest BCUT2D eigenvalue weighted by Crippen LogP contribution is -2.17. The van der Waals surface area contributed by atoms with Crippen LogP contribution in [-0.2, 0) is 9.84 Å². The Labute approximate surface area is 95.2 Å². The zero-order chi connectivity index (χ0) is 10.9. The first-order chi connectivity index (χ1) is 7.10. The predicted molar refractivity (Wildman–Crippen MR) is 60.9 cm³/mol. The Morgan fingerprint density at radius 2 is 1.60 bits per heavy atom. The Hall–Kier alpha value is -0.540. The van der Waals surface area contributed by atoms with E-state index in [1.807, 2.05) is 0 Å². The monoisotopic (exact) mass is 244 g/mol. The fraction of sp³-hybridized carbons (Fsp3) is 0.455. The molecule has 15 heavy (non-hydrogen) atoms. The minimum absolute atomic E-state index is 0.182. The molecule has 0 saturated heterocycles. The van der Waals surface area contributed by atoms with Crippen LogP contribution in [0, 0.1) is 0 Å². The lowest BCUT2D eigenvalue weighted by Gasteiger charge is -2.10. The van der Waals surface area contributed by atoms with Crippen molar-refractivity contribution in [1.29, 1.82) is 0 Å². The molecule has 0 N–H and O–H groups in total. The second-order valence-electron chi connectivity index (χ2n) is 3.91. The Morgan fingerprint density at radius 3 is 2.13 bits per heavy atom. The highest BCUT2D eigenvalue weighted by atomic mass is 35.5. The molecule has 0 radical (unpaired) electrons. The molecule has 0 atom stereocenters. The van der Waals surface area contributed by atoms with Crippen molar-refractivity contribution < 1.29 is 8.42 Å². The van der Waals surface area contributed by atoms with Gasteiger partial charge in [-0.15, -0.1) is 0 Å². The molecule has 82 valence electrons. The van der Waals surface area contributed by atoms with E-state index in [1.54, 1.807) is 24.3 Å². The number of benzene rings is 1. The molecule has 1 aliphatic rings. The van der Waals surface area contributed by atoms with E-state index in [9.17, 15) is 8.42 Å². The number of halogens is 1. The van der Waals surface area contributed by atoms with Gasteiger partial charge in [0.25, 0.3) is 0 Å². The van der Waals surface area contributed by atoms with Crippen molar-refractivity contribution in [2.75, 3.05) is 0 Å². The number of hydrogen-bond acceptors (Lipinski definition) is 2. The van der Waals surface area contributed by atoms with Gasteiger partial charge in [-0.25, -0.2) is 8.42 Å². The fourth-order valence-electron chi connectivity index (χ4n) is 2.02. The van der Waals surface area contributed by atoms with Crippen LogP contribution in [0.5, 0.6) is 0 Å². The molecule has 1 aromatic rings. The molecule has 2 nitrogen and oxygen atoms in total. The van der Waals surface area contributed by atoms with Gasteiger partial charge in [0, 0.05) is 5.02 Å². The molecule has 1 aromatic carbocycles. The summed E-state index contributed by atoms with van der Waals surface area (Å²) >= 11 is 5.73. The molecule has 4 heteroatoms. The topological polar surface area (TPSA) is 34.1 Å². The molecule has 1 fully saturated rings. The van der Waals surface area contributed by atoms with E-state index in [0.717, 1.165) is 25.7 Å². The summed E-state index contributed by atoms with van der Waals surface area (Å²) in [5.74, 6) is 0. The van der Waals surface area contributed by atoms with Crippen LogP contribution in [0.25, 0.3) is 0 Å². The first kappa shape index (κ1) is 11.0. The van der Waals surface area contributed by atoms with E-state index >= 15 is 0 Å². The van der Waals surface area contributed by atoms with Crippen molar-refractivity contribution >= 4 is 21.4 Å². The van der Waals surface area contributed by atoms with Crippen LogP contribution in [0.4, 0.5) is 0 Å². The third-order valence-electron chi connectivity index (χ3n) is 2.88. The van der Waals surface area contributed by atoms with Crippen LogP contribution in [-0.4, -0.2) is 13.7 Å². The van der Waals surface area contributed by atoms with Crippen molar-refractivity contribution in [3.8, 4) is 0 Å². The van der Waals surface area contributed by atoms with Crippen molar-refractivity contribution in [3.63, 3.8) is 0 Å². The lowest BCUT2D eigenvalue weighted by molar-refractivity contribution is 0.579. The molecule has 0 aromatic heterocycles. The van der Waals surface area contributed by atoms with E-state index in [-0.39, 0.29) is 5.25 Å². The average Bonchev–Trinajstić information content (AvgIpc) is 2.71. The molecular formula is C11H13ClO2S. The van der Waals surface area contributed by atoms with Gasteiger partial charge in [-0.3, -0.25) is 0 Å². The van der Waals surface area contributed by atoms with Crippen molar-refractivity contribution in [2.45, 2.75) is 35.8 Å². The Bertz CT molecular complexity index is 430. The number of hydrogen-bond donors (Lipinski definition) is 0. The SMILES string of the molecule is O=S(=O)(c1ccc(Cl)cc1)C1CCCC1. The van der Waals surface area contributed by atoms with Gasteiger partial charge in [-0.2, -0.15) is 0 Å². The maximum atomic E-state index is 12.1. The van der Waals surface area contributed by atoms with E-state index in [1.165, 1.54) is 0 Å². The summed E-state index contributed by atoms with van der Waals surface area (Å²) in [6, 6.07) is 6.44. The largest absolute Gasteiger partial charge is 0.223 e. The van der Waals surface area contributed by atoms with Gasteiger partial charge in [0.05, 0.1) is 10.1 Å². The normalized spacial score (nSPS) is 18.2. The Morgan fingerprint density at radius 1 is 1.07 bits per heavy atom. The van der Waals surface area contributed by atoms with E-state index in [2.05, 4.69) is 0 Å². The summed E-state index contributed by atoms with van der Waals surface area (Å²) in [5.41, 5.74) is 0. The van der Waals surface area contributed by atoms with Gasteiger partial charge in [0.2, 0.25) is 0 Å². The molecule has 0 heterocycles. The van der Waals surface area contributed by atoms with Crippen LogP contribution < -0.4 is 0 Å². The molecule has 1 saturated carbocycles. The molecular weight excluding hydrogens is 232 g/mol. The third kappa shape index (κ3) is 2.18. The summed E-state index contributed by atoms with van der Waals surface area (Å²) in [4.78, 5) is 0.402. The second kappa shape index (κ2) is 4.14. The van der Waals surface area contributed by atoms with Crippen LogP contribution in [0.3, 0.4) is 0 Å². The average molecular weight is 245 g/mol. The van der Waals surface area contributed by atoms with Gasteiger partial charge >= 0.3 is 0 Å². The molecule has 0 unspecified atom stereocenters. The predicted octanol–water partition coefficient (Wildman–Crippen LogP) is 3.06. The minimum Gasteiger partial charge on any atom is -0.223 e. The Kier molecular flexibility index (Phi) is 3.03. The van der Waals surface area contributed by atoms with Crippen LogP contribution in [0.1, 0.15) is 25.7 Å². The minimum atomic E-state index is -3.11. The number of rotatable bonds is 2. The molecule has 0 spiro atoms. The summed E-state index contributed by atoms with van der Waals surface area (Å²) in [6.45, 7) is 0. The van der Waals surface area contributed by atoms with Crippen molar-refractivity contribution in [3.05, 3.63) is 29.3 Å². The molecule has 0 aliphatic heterocycles. The summed E-state index contributed by atoms with van der Waals surface area (Å²) in [5, 5.41) is 0.388. The van der Waals surface area contributed by atoms with E-state index < -0.39 is 9.84 Å². The second-order valence-corrected chi connectivity index (χ2v) is 6.57. The maximum Gasteiger partial charge on any atom is 0.181 e. The van der Waals surface area contributed by atoms with E-state index in [0.29, 0.717) is 9.92 Å². The quantitative estimate of drug-likeness (QED) is 0.801. The van der Waals surface area contributed by atoms with Gasteiger partial charge < -0.3 is 0 Å². The zero-order valence-electron chi connectivity index (χ0n) is 8.32. The van der Waals surface area contributed by atoms with Crippen LogP contribution in [0.15, 0.2) is 29.2 Å². The maximum absolute atomic E-state index is 12.1.